The van der Waals surface area contributed by atoms with Gasteiger partial charge in [-0.25, -0.2) is 0 Å². The zero-order valence-electron chi connectivity index (χ0n) is 7.06. The van der Waals surface area contributed by atoms with Crippen LogP contribution >= 0.6 is 6.49 Å². The Bertz CT molecular complexity index is 278. The summed E-state index contributed by atoms with van der Waals surface area (Å²) in [6, 6.07) is 9.64. The van der Waals surface area contributed by atoms with Gasteiger partial charge in [0.05, 0.1) is 0 Å². The topological polar surface area (TPSA) is 18.5 Å². The Morgan fingerprint density at radius 3 is 2.00 bits per heavy atom. The minimum Gasteiger partial charge on any atom is -0.329 e. The Hall–Kier alpha value is -0.210. The van der Waals surface area contributed by atoms with Crippen molar-refractivity contribution in [2.75, 3.05) is 14.2 Å². The molecule has 0 amide bonds. The van der Waals surface area contributed by atoms with Crippen LogP contribution in [-0.2, 0) is 20.9 Å². The average molecular weight is 202 g/mol. The SMILES string of the molecule is COP(=S)(OC)c1ccccc1. The maximum atomic E-state index is 5.24. The highest BCUT2D eigenvalue weighted by Gasteiger charge is 2.17. The molecule has 66 valence electrons. The van der Waals surface area contributed by atoms with Crippen LogP contribution in [0, 0.1) is 0 Å². The minimum atomic E-state index is -2.20. The molecule has 0 unspecified atom stereocenters. The van der Waals surface area contributed by atoms with Gasteiger partial charge in [-0.05, 0) is 23.9 Å². The molecule has 0 aliphatic rings. The van der Waals surface area contributed by atoms with Crippen LogP contribution in [0.4, 0.5) is 0 Å². The van der Waals surface area contributed by atoms with Crippen molar-refractivity contribution >= 4 is 23.6 Å². The second kappa shape index (κ2) is 4.15. The van der Waals surface area contributed by atoms with Crippen molar-refractivity contribution in [2.45, 2.75) is 0 Å². The molecule has 0 atom stereocenters. The molecule has 0 aliphatic carbocycles. The van der Waals surface area contributed by atoms with Gasteiger partial charge in [0.15, 0.2) is 0 Å². The van der Waals surface area contributed by atoms with Gasteiger partial charge in [-0.15, -0.1) is 0 Å². The Balaban J connectivity index is 3.04. The minimum absolute atomic E-state index is 0.949. The largest absolute Gasteiger partial charge is 0.329 e. The zero-order valence-corrected chi connectivity index (χ0v) is 8.77. The second-order valence-corrected chi connectivity index (χ2v) is 5.88. The zero-order chi connectivity index (χ0) is 9.03. The van der Waals surface area contributed by atoms with Gasteiger partial charge < -0.3 is 9.05 Å². The molecule has 0 N–H and O–H groups in total. The van der Waals surface area contributed by atoms with Crippen molar-refractivity contribution in [1.29, 1.82) is 0 Å². The molecule has 0 aromatic heterocycles. The van der Waals surface area contributed by atoms with E-state index in [1.807, 2.05) is 30.3 Å². The van der Waals surface area contributed by atoms with E-state index in [0.717, 1.165) is 5.30 Å². The standard InChI is InChI=1S/C8H11O2PS/c1-9-11(12,10-2)8-6-4-3-5-7-8/h3-7H,1-2H3. The lowest BCUT2D eigenvalue weighted by atomic mass is 10.4. The fourth-order valence-electron chi connectivity index (χ4n) is 0.896. The first-order valence-electron chi connectivity index (χ1n) is 3.50. The number of hydrogen-bond donors (Lipinski definition) is 0. The van der Waals surface area contributed by atoms with E-state index in [1.165, 1.54) is 0 Å². The number of hydrogen-bond acceptors (Lipinski definition) is 3. The summed E-state index contributed by atoms with van der Waals surface area (Å²) >= 11 is 5.24. The third kappa shape index (κ3) is 1.93. The predicted molar refractivity (Wildman–Crippen MR) is 54.4 cm³/mol. The van der Waals surface area contributed by atoms with E-state index < -0.39 is 6.49 Å². The molecule has 0 fully saturated rings. The van der Waals surface area contributed by atoms with Crippen LogP contribution < -0.4 is 5.30 Å². The first-order valence-corrected chi connectivity index (χ1v) is 6.14. The predicted octanol–water partition coefficient (Wildman–Crippen LogP) is 1.91. The highest BCUT2D eigenvalue weighted by atomic mass is 32.5. The quantitative estimate of drug-likeness (QED) is 0.697. The normalized spacial score (nSPS) is 11.5. The molecule has 12 heavy (non-hydrogen) atoms. The Morgan fingerprint density at radius 1 is 1.08 bits per heavy atom. The van der Waals surface area contributed by atoms with Gasteiger partial charge in [-0.2, -0.15) is 0 Å². The van der Waals surface area contributed by atoms with Gasteiger partial charge >= 0.3 is 0 Å². The number of benzene rings is 1. The van der Waals surface area contributed by atoms with Crippen molar-refractivity contribution in [3.63, 3.8) is 0 Å². The van der Waals surface area contributed by atoms with E-state index in [9.17, 15) is 0 Å². The Kier molecular flexibility index (Phi) is 3.41. The summed E-state index contributed by atoms with van der Waals surface area (Å²) < 4.78 is 10.4. The first-order chi connectivity index (χ1) is 5.73. The summed E-state index contributed by atoms with van der Waals surface area (Å²) in [6.07, 6.45) is 0. The highest BCUT2D eigenvalue weighted by Crippen LogP contribution is 2.45. The van der Waals surface area contributed by atoms with E-state index in [4.69, 9.17) is 20.9 Å². The third-order valence-electron chi connectivity index (χ3n) is 1.55. The van der Waals surface area contributed by atoms with E-state index in [2.05, 4.69) is 0 Å². The molecule has 1 rings (SSSR count). The lowest BCUT2D eigenvalue weighted by Gasteiger charge is -2.17. The Labute approximate surface area is 77.7 Å². The molecule has 0 spiro atoms. The van der Waals surface area contributed by atoms with Crippen LogP contribution in [0.25, 0.3) is 0 Å². The molecule has 0 saturated carbocycles. The average Bonchev–Trinajstić information content (AvgIpc) is 2.18. The van der Waals surface area contributed by atoms with Crippen LogP contribution in [0.5, 0.6) is 0 Å². The summed E-state index contributed by atoms with van der Waals surface area (Å²) in [5.41, 5.74) is 0. The van der Waals surface area contributed by atoms with E-state index in [-0.39, 0.29) is 0 Å². The van der Waals surface area contributed by atoms with E-state index in [0.29, 0.717) is 0 Å². The summed E-state index contributed by atoms with van der Waals surface area (Å²) in [5, 5.41) is 0.949. The number of rotatable bonds is 3. The molecular formula is C8H11O2PS. The smallest absolute Gasteiger partial charge is 0.218 e. The lowest BCUT2D eigenvalue weighted by molar-refractivity contribution is 0.347. The first kappa shape index (κ1) is 9.87. The highest BCUT2D eigenvalue weighted by molar-refractivity contribution is 8.13. The van der Waals surface area contributed by atoms with Crippen LogP contribution in [0.2, 0.25) is 0 Å². The van der Waals surface area contributed by atoms with Crippen LogP contribution in [0.3, 0.4) is 0 Å². The summed E-state index contributed by atoms with van der Waals surface area (Å²) in [7, 11) is 3.16. The van der Waals surface area contributed by atoms with Crippen LogP contribution in [0.15, 0.2) is 30.3 Å². The summed E-state index contributed by atoms with van der Waals surface area (Å²) in [5.74, 6) is 0. The third-order valence-corrected chi connectivity index (χ3v) is 4.97. The molecular weight excluding hydrogens is 191 g/mol. The lowest BCUT2D eigenvalue weighted by Crippen LogP contribution is -2.06. The van der Waals surface area contributed by atoms with Gasteiger partial charge in [0, 0.05) is 19.5 Å². The van der Waals surface area contributed by atoms with E-state index >= 15 is 0 Å². The molecule has 1 aromatic carbocycles. The maximum Gasteiger partial charge on any atom is 0.218 e. The van der Waals surface area contributed by atoms with Crippen LogP contribution in [0.1, 0.15) is 0 Å². The van der Waals surface area contributed by atoms with Crippen molar-refractivity contribution in [3.8, 4) is 0 Å². The second-order valence-electron chi connectivity index (χ2n) is 2.20. The molecule has 0 aliphatic heterocycles. The molecule has 1 aromatic rings. The Morgan fingerprint density at radius 2 is 1.58 bits per heavy atom. The van der Waals surface area contributed by atoms with E-state index in [1.54, 1.807) is 14.2 Å². The van der Waals surface area contributed by atoms with Gasteiger partial charge in [0.2, 0.25) is 6.49 Å². The molecule has 2 nitrogen and oxygen atoms in total. The van der Waals surface area contributed by atoms with Crippen molar-refractivity contribution < 1.29 is 9.05 Å². The fraction of sp³-hybridized carbons (Fsp3) is 0.250. The van der Waals surface area contributed by atoms with Gasteiger partial charge in [-0.3, -0.25) is 0 Å². The van der Waals surface area contributed by atoms with Gasteiger partial charge in [0.1, 0.15) is 0 Å². The van der Waals surface area contributed by atoms with Gasteiger partial charge in [0.25, 0.3) is 0 Å². The monoisotopic (exact) mass is 202 g/mol. The van der Waals surface area contributed by atoms with Crippen molar-refractivity contribution in [2.24, 2.45) is 0 Å². The molecule has 4 heteroatoms. The summed E-state index contributed by atoms with van der Waals surface area (Å²) in [4.78, 5) is 0. The molecule has 0 heterocycles. The molecule has 0 radical (unpaired) electrons. The van der Waals surface area contributed by atoms with Crippen molar-refractivity contribution in [3.05, 3.63) is 30.3 Å². The summed E-state index contributed by atoms with van der Waals surface area (Å²) in [6.45, 7) is -2.20. The fourth-order valence-corrected chi connectivity index (χ4v) is 2.37. The maximum absolute atomic E-state index is 5.24. The van der Waals surface area contributed by atoms with Crippen LogP contribution in [-0.4, -0.2) is 14.2 Å². The van der Waals surface area contributed by atoms with Crippen molar-refractivity contribution in [1.82, 2.24) is 0 Å². The molecule has 0 bridgehead atoms. The van der Waals surface area contributed by atoms with Gasteiger partial charge in [-0.1, -0.05) is 18.2 Å². The molecule has 0 saturated heterocycles.